The summed E-state index contributed by atoms with van der Waals surface area (Å²) in [4.78, 5) is 22.5. The highest BCUT2D eigenvalue weighted by molar-refractivity contribution is 6.44. The number of rotatable bonds is 3. The van der Waals surface area contributed by atoms with Crippen molar-refractivity contribution in [2.45, 2.75) is 13.8 Å². The number of Topliss-reactive ketones (excluding diaryl/α,β-unsaturated/α-hetero) is 2. The fourth-order valence-corrected chi connectivity index (χ4v) is 1.35. The molecular formula is C11H11ClO3. The van der Waals surface area contributed by atoms with Crippen LogP contribution in [0, 0.1) is 6.92 Å². The lowest BCUT2D eigenvalue weighted by atomic mass is 10.0. The Bertz CT molecular complexity index is 424. The Morgan fingerprint density at radius 1 is 1.33 bits per heavy atom. The number of hydrogen-bond acceptors (Lipinski definition) is 3. The maximum absolute atomic E-state index is 11.5. The van der Waals surface area contributed by atoms with Gasteiger partial charge in [-0.25, -0.2) is 0 Å². The zero-order valence-electron chi connectivity index (χ0n) is 8.76. The number of methoxy groups -OCH3 is 1. The molecule has 0 atom stereocenters. The molecule has 0 saturated heterocycles. The Labute approximate surface area is 93.0 Å². The molecule has 0 bridgehead atoms. The van der Waals surface area contributed by atoms with E-state index in [9.17, 15) is 9.59 Å². The second-order valence-electron chi connectivity index (χ2n) is 3.19. The maximum atomic E-state index is 11.5. The van der Waals surface area contributed by atoms with Gasteiger partial charge >= 0.3 is 0 Å². The fraction of sp³-hybridized carbons (Fsp3) is 0.273. The first-order chi connectivity index (χ1) is 6.97. The van der Waals surface area contributed by atoms with E-state index < -0.39 is 11.6 Å². The summed E-state index contributed by atoms with van der Waals surface area (Å²) in [6.07, 6.45) is 0. The highest BCUT2D eigenvalue weighted by Gasteiger charge is 2.17. The molecule has 15 heavy (non-hydrogen) atoms. The van der Waals surface area contributed by atoms with E-state index in [-0.39, 0.29) is 5.56 Å². The summed E-state index contributed by atoms with van der Waals surface area (Å²) < 4.78 is 5.02. The van der Waals surface area contributed by atoms with Gasteiger partial charge in [-0.2, -0.15) is 0 Å². The smallest absolute Gasteiger partial charge is 0.232 e. The molecule has 0 aliphatic rings. The van der Waals surface area contributed by atoms with Crippen LogP contribution in [0.4, 0.5) is 0 Å². The normalized spacial score (nSPS) is 9.87. The minimum absolute atomic E-state index is 0.209. The Balaban J connectivity index is 3.34. The van der Waals surface area contributed by atoms with Crippen molar-refractivity contribution in [3.8, 4) is 5.75 Å². The molecule has 0 heterocycles. The van der Waals surface area contributed by atoms with E-state index in [4.69, 9.17) is 16.3 Å². The Hall–Kier alpha value is -1.35. The number of aryl methyl sites for hydroxylation is 1. The van der Waals surface area contributed by atoms with E-state index in [1.54, 1.807) is 13.0 Å². The topological polar surface area (TPSA) is 43.4 Å². The quantitative estimate of drug-likeness (QED) is 0.587. The van der Waals surface area contributed by atoms with Crippen LogP contribution in [0.5, 0.6) is 5.75 Å². The lowest BCUT2D eigenvalue weighted by Gasteiger charge is -2.08. The van der Waals surface area contributed by atoms with E-state index >= 15 is 0 Å². The molecule has 0 radical (unpaired) electrons. The summed E-state index contributed by atoms with van der Waals surface area (Å²) in [6.45, 7) is 3.02. The summed E-state index contributed by atoms with van der Waals surface area (Å²) in [5.41, 5.74) is 1.01. The second kappa shape index (κ2) is 4.45. The number of ketones is 2. The van der Waals surface area contributed by atoms with Crippen LogP contribution in [0.3, 0.4) is 0 Å². The van der Waals surface area contributed by atoms with Gasteiger partial charge in [0.25, 0.3) is 0 Å². The largest absolute Gasteiger partial charge is 0.496 e. The Morgan fingerprint density at radius 3 is 2.40 bits per heavy atom. The SMILES string of the molecule is COc1cc(C)c(Cl)cc1C(=O)C(C)=O. The van der Waals surface area contributed by atoms with Gasteiger partial charge in [0.1, 0.15) is 5.75 Å². The average molecular weight is 227 g/mol. The fourth-order valence-electron chi connectivity index (χ4n) is 1.19. The van der Waals surface area contributed by atoms with Crippen LogP contribution in [0.1, 0.15) is 22.8 Å². The van der Waals surface area contributed by atoms with Crippen LogP contribution in [0.25, 0.3) is 0 Å². The van der Waals surface area contributed by atoms with Crippen molar-refractivity contribution in [1.82, 2.24) is 0 Å². The molecule has 4 heteroatoms. The van der Waals surface area contributed by atoms with Crippen LogP contribution in [-0.2, 0) is 4.79 Å². The minimum Gasteiger partial charge on any atom is -0.496 e. The first-order valence-corrected chi connectivity index (χ1v) is 4.74. The third-order valence-electron chi connectivity index (χ3n) is 2.05. The summed E-state index contributed by atoms with van der Waals surface area (Å²) in [6, 6.07) is 3.10. The summed E-state index contributed by atoms with van der Waals surface area (Å²) in [5, 5.41) is 0.445. The predicted octanol–water partition coefficient (Wildman–Crippen LogP) is 2.43. The van der Waals surface area contributed by atoms with Gasteiger partial charge in [0.2, 0.25) is 5.78 Å². The molecule has 3 nitrogen and oxygen atoms in total. The van der Waals surface area contributed by atoms with Crippen molar-refractivity contribution in [3.05, 3.63) is 28.3 Å². The van der Waals surface area contributed by atoms with Crippen molar-refractivity contribution < 1.29 is 14.3 Å². The van der Waals surface area contributed by atoms with Gasteiger partial charge in [0.05, 0.1) is 12.7 Å². The third kappa shape index (κ3) is 2.36. The van der Waals surface area contributed by atoms with E-state index in [1.807, 2.05) is 0 Å². The minimum atomic E-state index is -0.589. The molecule has 1 rings (SSSR count). The lowest BCUT2D eigenvalue weighted by Crippen LogP contribution is -2.11. The molecule has 0 saturated carbocycles. The van der Waals surface area contributed by atoms with Gasteiger partial charge in [-0.1, -0.05) is 11.6 Å². The van der Waals surface area contributed by atoms with Crippen LogP contribution in [-0.4, -0.2) is 18.7 Å². The van der Waals surface area contributed by atoms with Crippen LogP contribution < -0.4 is 4.74 Å². The Morgan fingerprint density at radius 2 is 1.93 bits per heavy atom. The van der Waals surface area contributed by atoms with Crippen LogP contribution in [0.2, 0.25) is 5.02 Å². The predicted molar refractivity (Wildman–Crippen MR) is 57.8 cm³/mol. The lowest BCUT2D eigenvalue weighted by molar-refractivity contribution is -0.113. The molecule has 0 fully saturated rings. The van der Waals surface area contributed by atoms with Gasteiger partial charge in [-0.15, -0.1) is 0 Å². The molecule has 80 valence electrons. The molecule has 1 aromatic rings. The number of halogens is 1. The van der Waals surface area contributed by atoms with E-state index in [0.29, 0.717) is 10.8 Å². The average Bonchev–Trinajstić information content (AvgIpc) is 2.20. The van der Waals surface area contributed by atoms with E-state index in [1.165, 1.54) is 20.1 Å². The molecule has 0 amide bonds. The molecule has 0 N–H and O–H groups in total. The summed E-state index contributed by atoms with van der Waals surface area (Å²) in [5.74, 6) is -0.751. The first-order valence-electron chi connectivity index (χ1n) is 4.36. The van der Waals surface area contributed by atoms with Crippen LogP contribution >= 0.6 is 11.6 Å². The second-order valence-corrected chi connectivity index (χ2v) is 3.59. The van der Waals surface area contributed by atoms with Crippen molar-refractivity contribution in [3.63, 3.8) is 0 Å². The van der Waals surface area contributed by atoms with E-state index in [0.717, 1.165) is 5.56 Å². The molecular weight excluding hydrogens is 216 g/mol. The molecule has 0 aromatic heterocycles. The monoisotopic (exact) mass is 226 g/mol. The van der Waals surface area contributed by atoms with Gasteiger partial charge < -0.3 is 4.74 Å². The highest BCUT2D eigenvalue weighted by atomic mass is 35.5. The Kier molecular flexibility index (Phi) is 3.48. The van der Waals surface area contributed by atoms with Gasteiger partial charge in [0.15, 0.2) is 5.78 Å². The van der Waals surface area contributed by atoms with Crippen LogP contribution in [0.15, 0.2) is 12.1 Å². The van der Waals surface area contributed by atoms with Gasteiger partial charge in [-0.3, -0.25) is 9.59 Å². The maximum Gasteiger partial charge on any atom is 0.232 e. The molecule has 0 aliphatic heterocycles. The number of benzene rings is 1. The van der Waals surface area contributed by atoms with Crippen molar-refractivity contribution >= 4 is 23.2 Å². The van der Waals surface area contributed by atoms with Crippen molar-refractivity contribution in [2.24, 2.45) is 0 Å². The molecule has 0 spiro atoms. The molecule has 0 aliphatic carbocycles. The van der Waals surface area contributed by atoms with Crippen molar-refractivity contribution in [2.75, 3.05) is 7.11 Å². The van der Waals surface area contributed by atoms with Crippen molar-refractivity contribution in [1.29, 1.82) is 0 Å². The summed E-state index contributed by atoms with van der Waals surface area (Å²) in [7, 11) is 1.44. The third-order valence-corrected chi connectivity index (χ3v) is 2.45. The zero-order valence-corrected chi connectivity index (χ0v) is 9.51. The molecule has 1 aromatic carbocycles. The van der Waals surface area contributed by atoms with E-state index in [2.05, 4.69) is 0 Å². The zero-order chi connectivity index (χ0) is 11.6. The number of carbonyl (C=O) groups is 2. The standard InChI is InChI=1S/C11H11ClO3/c1-6-4-10(15-3)8(5-9(6)12)11(14)7(2)13/h4-5H,1-3H3. The van der Waals surface area contributed by atoms with Gasteiger partial charge in [-0.05, 0) is 24.6 Å². The number of ether oxygens (including phenoxy) is 1. The first kappa shape index (κ1) is 11.7. The summed E-state index contributed by atoms with van der Waals surface area (Å²) >= 11 is 5.87. The highest BCUT2D eigenvalue weighted by Crippen LogP contribution is 2.26. The number of hydrogen-bond donors (Lipinski definition) is 0. The number of carbonyl (C=O) groups excluding carboxylic acids is 2. The van der Waals surface area contributed by atoms with Gasteiger partial charge in [0, 0.05) is 11.9 Å². The molecule has 0 unspecified atom stereocenters.